The third kappa shape index (κ3) is 45.1. The van der Waals surface area contributed by atoms with Crippen molar-refractivity contribution in [2.45, 2.75) is 20.0 Å². The molecule has 0 rings (SSSR count). The van der Waals surface area contributed by atoms with E-state index in [0.29, 0.717) is 11.0 Å². The second-order valence-electron chi connectivity index (χ2n) is 5.24. The number of phosphoric acid groups is 1. The minimum Gasteiger partial charge on any atom is -0.756 e. The average Bonchev–Trinajstić information content (AvgIpc) is 2.24. The molecule has 0 aliphatic rings. The third-order valence-electron chi connectivity index (χ3n) is 1.44. The van der Waals surface area contributed by atoms with Crippen LogP contribution < -0.4 is 4.89 Å². The minimum atomic E-state index is -4.51. The Labute approximate surface area is 125 Å². The van der Waals surface area contributed by atoms with E-state index in [4.69, 9.17) is 20.2 Å². The molecule has 0 saturated heterocycles. The van der Waals surface area contributed by atoms with Gasteiger partial charge in [-0.05, 0) is 13.8 Å². The van der Waals surface area contributed by atoms with Crippen LogP contribution in [-0.2, 0) is 13.9 Å². The van der Waals surface area contributed by atoms with E-state index >= 15 is 0 Å². The first-order chi connectivity index (χ1) is 9.25. The zero-order valence-electron chi connectivity index (χ0n) is 13.2. The summed E-state index contributed by atoms with van der Waals surface area (Å²) in [6.07, 6.45) is -0.954. The van der Waals surface area contributed by atoms with Crippen molar-refractivity contribution in [3.05, 3.63) is 0 Å². The van der Waals surface area contributed by atoms with Crippen molar-refractivity contribution in [3.8, 4) is 0 Å². The summed E-state index contributed by atoms with van der Waals surface area (Å²) in [4.78, 5) is 27.7. The van der Waals surface area contributed by atoms with Crippen molar-refractivity contribution in [3.63, 3.8) is 0 Å². The Morgan fingerprint density at radius 2 is 1.57 bits per heavy atom. The number of carbonyl (C=O) groups excluding carboxylic acids is 1. The molecule has 130 valence electrons. The van der Waals surface area contributed by atoms with Gasteiger partial charge in [0.25, 0.3) is 7.82 Å². The second kappa shape index (κ2) is 13.3. The lowest BCUT2D eigenvalue weighted by Gasteiger charge is -2.25. The molecule has 0 heterocycles. The Morgan fingerprint density at radius 3 is 1.71 bits per heavy atom. The van der Waals surface area contributed by atoms with E-state index in [1.807, 2.05) is 21.1 Å². The maximum absolute atomic E-state index is 10.1. The van der Waals surface area contributed by atoms with Gasteiger partial charge in [0.2, 0.25) is 0 Å². The Bertz CT molecular complexity index is 291. The Hall–Kier alpha value is -0.380. The molecular weight excluding hydrogens is 305 g/mol. The molecule has 21 heavy (non-hydrogen) atoms. The number of hydrogen-bond acceptors (Lipinski definition) is 7. The number of aliphatic hydroxyl groups excluding tert-OH is 3. The molecule has 0 spiro atoms. The number of ketones is 1. The number of carbonyl (C=O) groups is 1. The van der Waals surface area contributed by atoms with E-state index in [-0.39, 0.29) is 25.6 Å². The van der Waals surface area contributed by atoms with E-state index < -0.39 is 13.9 Å². The second-order valence-corrected chi connectivity index (χ2v) is 6.44. The smallest absolute Gasteiger partial charge is 0.265 e. The van der Waals surface area contributed by atoms with Crippen LogP contribution in [0.2, 0.25) is 0 Å². The van der Waals surface area contributed by atoms with Crippen molar-refractivity contribution >= 4 is 13.6 Å². The first kappa shape index (κ1) is 25.6. The van der Waals surface area contributed by atoms with Gasteiger partial charge in [0.15, 0.2) is 0 Å². The van der Waals surface area contributed by atoms with Crippen molar-refractivity contribution in [1.82, 2.24) is 0 Å². The van der Waals surface area contributed by atoms with E-state index in [2.05, 4.69) is 4.52 Å². The first-order valence-electron chi connectivity index (χ1n) is 6.11. The number of phosphoric ester groups is 1. The molecule has 1 atom stereocenters. The topological polar surface area (TPSA) is 147 Å². The fourth-order valence-corrected chi connectivity index (χ4v) is 0.800. The first-order valence-corrected chi connectivity index (χ1v) is 7.60. The fourth-order valence-electron chi connectivity index (χ4n) is 0.488. The zero-order chi connectivity index (χ0) is 17.7. The zero-order valence-corrected chi connectivity index (χ0v) is 14.1. The van der Waals surface area contributed by atoms with Crippen molar-refractivity contribution < 1.29 is 43.5 Å². The van der Waals surface area contributed by atoms with Gasteiger partial charge in [-0.1, -0.05) is 0 Å². The van der Waals surface area contributed by atoms with Crippen LogP contribution in [0.1, 0.15) is 13.8 Å². The molecular formula is C11H28NO8P. The SMILES string of the molecule is CC(C)=O.C[N+](C)(C)CCOP(=O)([O-])O.OCC(O)CO. The molecule has 1 unspecified atom stereocenters. The molecule has 0 radical (unpaired) electrons. The molecule has 0 fully saturated rings. The van der Waals surface area contributed by atoms with Gasteiger partial charge in [-0.15, -0.1) is 0 Å². The highest BCUT2D eigenvalue weighted by Crippen LogP contribution is 2.29. The lowest BCUT2D eigenvalue weighted by Crippen LogP contribution is -2.37. The lowest BCUT2D eigenvalue weighted by atomic mass is 10.4. The van der Waals surface area contributed by atoms with Gasteiger partial charge < -0.3 is 38.9 Å². The monoisotopic (exact) mass is 333 g/mol. The number of Topliss-reactive ketones (excluding diaryl/α,β-unsaturated/α-hetero) is 1. The molecule has 0 saturated carbocycles. The normalized spacial score (nSPS) is 13.5. The van der Waals surface area contributed by atoms with Gasteiger partial charge in [0.1, 0.15) is 25.0 Å². The molecule has 4 N–H and O–H groups in total. The van der Waals surface area contributed by atoms with Gasteiger partial charge in [-0.3, -0.25) is 4.57 Å². The Balaban J connectivity index is -0.000000272. The van der Waals surface area contributed by atoms with Crippen LogP contribution in [-0.4, -0.2) is 84.1 Å². The van der Waals surface area contributed by atoms with Crippen molar-refractivity contribution in [2.24, 2.45) is 0 Å². The number of aliphatic hydroxyl groups is 3. The predicted octanol–water partition coefficient (Wildman–Crippen LogP) is -1.90. The number of hydrogen-bond donors (Lipinski definition) is 4. The molecule has 0 aliphatic carbocycles. The van der Waals surface area contributed by atoms with Crippen LogP contribution in [0.25, 0.3) is 0 Å². The van der Waals surface area contributed by atoms with Gasteiger partial charge in [-0.25, -0.2) is 0 Å². The van der Waals surface area contributed by atoms with Gasteiger partial charge >= 0.3 is 0 Å². The van der Waals surface area contributed by atoms with Crippen molar-refractivity contribution in [1.29, 1.82) is 0 Å². The van der Waals surface area contributed by atoms with Crippen LogP contribution in [0.4, 0.5) is 0 Å². The van der Waals surface area contributed by atoms with Gasteiger partial charge in [0, 0.05) is 0 Å². The number of nitrogens with zero attached hydrogens (tertiary/aromatic N) is 1. The summed E-state index contributed by atoms with van der Waals surface area (Å²) < 4.78 is 14.8. The molecule has 0 amide bonds. The Kier molecular flexibility index (Phi) is 16.2. The maximum atomic E-state index is 10.1. The van der Waals surface area contributed by atoms with Crippen LogP contribution in [0.3, 0.4) is 0 Å². The van der Waals surface area contributed by atoms with E-state index in [1.165, 1.54) is 13.8 Å². The average molecular weight is 333 g/mol. The van der Waals surface area contributed by atoms with Gasteiger partial charge in [0.05, 0.1) is 34.4 Å². The van der Waals surface area contributed by atoms with Gasteiger partial charge in [-0.2, -0.15) is 0 Å². The number of likely N-dealkylation sites (N-methyl/N-ethyl adjacent to an activating group) is 1. The standard InChI is InChI=1S/C5H14NO4P.C3H8O3.C3H6O/c1-6(2,3)4-5-10-11(7,8)9;4-1-3(6)2-5;1-3(2)4/h4-5H2,1-3H3,(H-,7,8,9);3-6H,1-2H2;1-2H3. The summed E-state index contributed by atoms with van der Waals surface area (Å²) >= 11 is 0. The van der Waals surface area contributed by atoms with Crippen LogP contribution >= 0.6 is 7.82 Å². The quantitative estimate of drug-likeness (QED) is 0.325. The molecule has 10 heteroatoms. The fraction of sp³-hybridized carbons (Fsp3) is 0.909. The van der Waals surface area contributed by atoms with Crippen LogP contribution in [0, 0.1) is 0 Å². The lowest BCUT2D eigenvalue weighted by molar-refractivity contribution is -0.870. The van der Waals surface area contributed by atoms with Crippen molar-refractivity contribution in [2.75, 3.05) is 47.5 Å². The summed E-state index contributed by atoms with van der Waals surface area (Å²) in [5, 5.41) is 24.0. The third-order valence-corrected chi connectivity index (χ3v) is 1.95. The van der Waals surface area contributed by atoms with Crippen LogP contribution in [0.5, 0.6) is 0 Å². The van der Waals surface area contributed by atoms with Crippen LogP contribution in [0.15, 0.2) is 0 Å². The number of rotatable bonds is 6. The molecule has 0 bridgehead atoms. The summed E-state index contributed by atoms with van der Waals surface area (Å²) in [5.41, 5.74) is 0. The minimum absolute atomic E-state index is 0.0147. The highest BCUT2D eigenvalue weighted by molar-refractivity contribution is 7.44. The van der Waals surface area contributed by atoms with E-state index in [0.717, 1.165) is 0 Å². The number of quaternary nitrogens is 1. The molecule has 0 aromatic carbocycles. The highest BCUT2D eigenvalue weighted by atomic mass is 31.2. The summed E-state index contributed by atoms with van der Waals surface area (Å²) in [6.45, 7) is 2.88. The Morgan fingerprint density at radius 1 is 1.24 bits per heavy atom. The summed E-state index contributed by atoms with van der Waals surface area (Å²) in [5.74, 6) is 0.167. The summed E-state index contributed by atoms with van der Waals surface area (Å²) in [7, 11) is 1.19. The van der Waals surface area contributed by atoms with E-state index in [1.54, 1.807) is 0 Å². The molecule has 0 aliphatic heterocycles. The molecule has 0 aromatic heterocycles. The maximum Gasteiger partial charge on any atom is 0.265 e. The molecule has 9 nitrogen and oxygen atoms in total. The largest absolute Gasteiger partial charge is 0.756 e. The van der Waals surface area contributed by atoms with E-state index in [9.17, 15) is 14.3 Å². The predicted molar refractivity (Wildman–Crippen MR) is 75.2 cm³/mol. The summed E-state index contributed by atoms with van der Waals surface area (Å²) in [6, 6.07) is 0. The highest BCUT2D eigenvalue weighted by Gasteiger charge is 2.08. The molecule has 0 aromatic rings.